The van der Waals surface area contributed by atoms with Crippen LogP contribution in [0.4, 0.5) is 11.8 Å². The van der Waals surface area contributed by atoms with Crippen LogP contribution in [0.3, 0.4) is 0 Å². The third kappa shape index (κ3) is 6.06. The number of aliphatic hydroxyl groups is 1. The molecule has 9 heteroatoms. The zero-order valence-electron chi connectivity index (χ0n) is 20.6. The Balaban J connectivity index is 1.40. The standard InChI is InChI=1S/C28H30N4O3S2/c1-28(15-8-16-37(34,35)19-28)32-26-22-11-4-5-12-23(22)30-27(31-26)29-17-20-9-2-6-13-24(20)36-25-14-7-3-10-21(25)18-33/h2-7,9-14,33H,8,15-19H2,1H3,(H2,29,30,31,32). The Morgan fingerprint density at radius 3 is 2.38 bits per heavy atom. The average molecular weight is 535 g/mol. The van der Waals surface area contributed by atoms with Crippen molar-refractivity contribution >= 4 is 44.3 Å². The third-order valence-electron chi connectivity index (χ3n) is 6.52. The minimum atomic E-state index is -3.10. The number of rotatable bonds is 8. The fourth-order valence-corrected chi connectivity index (χ4v) is 7.70. The molecule has 0 amide bonds. The summed E-state index contributed by atoms with van der Waals surface area (Å²) in [6.45, 7) is 2.45. The van der Waals surface area contributed by atoms with E-state index in [9.17, 15) is 13.5 Å². The zero-order chi connectivity index (χ0) is 25.9. The van der Waals surface area contributed by atoms with Crippen LogP contribution < -0.4 is 10.6 Å². The van der Waals surface area contributed by atoms with Crippen molar-refractivity contribution in [1.29, 1.82) is 0 Å². The molecule has 1 atom stereocenters. The van der Waals surface area contributed by atoms with E-state index < -0.39 is 15.4 Å². The van der Waals surface area contributed by atoms with Gasteiger partial charge in [-0.1, -0.05) is 60.3 Å². The second-order valence-electron chi connectivity index (χ2n) is 9.62. The highest BCUT2D eigenvalue weighted by Gasteiger charge is 2.35. The van der Waals surface area contributed by atoms with E-state index in [1.807, 2.05) is 67.6 Å². The van der Waals surface area contributed by atoms with Gasteiger partial charge in [0.25, 0.3) is 0 Å². The van der Waals surface area contributed by atoms with Gasteiger partial charge in [0.05, 0.1) is 23.6 Å². The lowest BCUT2D eigenvalue weighted by molar-refractivity contribution is 0.279. The fourth-order valence-electron chi connectivity index (χ4n) is 4.72. The first-order valence-electron chi connectivity index (χ1n) is 12.3. The van der Waals surface area contributed by atoms with Crippen LogP contribution in [-0.4, -0.2) is 40.5 Å². The zero-order valence-corrected chi connectivity index (χ0v) is 22.3. The Bertz CT molecular complexity index is 1530. The number of fused-ring (bicyclic) bond motifs is 1. The molecule has 0 bridgehead atoms. The highest BCUT2D eigenvalue weighted by molar-refractivity contribution is 7.99. The van der Waals surface area contributed by atoms with Crippen molar-refractivity contribution in [3.05, 3.63) is 83.9 Å². The number of nitrogens with zero attached hydrogens (tertiary/aromatic N) is 2. The molecule has 1 aliphatic rings. The van der Waals surface area contributed by atoms with Gasteiger partial charge in [-0.25, -0.2) is 13.4 Å². The van der Waals surface area contributed by atoms with E-state index in [2.05, 4.69) is 22.8 Å². The van der Waals surface area contributed by atoms with Gasteiger partial charge < -0.3 is 15.7 Å². The molecule has 192 valence electrons. The molecule has 1 aliphatic heterocycles. The fraction of sp³-hybridized carbons (Fsp3) is 0.286. The first kappa shape index (κ1) is 25.5. The maximum atomic E-state index is 12.3. The Hall–Kier alpha value is -3.14. The molecule has 1 saturated heterocycles. The second kappa shape index (κ2) is 10.7. The number of nitrogens with one attached hydrogen (secondary N) is 2. The highest BCUT2D eigenvalue weighted by atomic mass is 32.2. The molecule has 37 heavy (non-hydrogen) atoms. The van der Waals surface area contributed by atoms with Crippen LogP contribution in [0.2, 0.25) is 0 Å². The maximum Gasteiger partial charge on any atom is 0.225 e. The largest absolute Gasteiger partial charge is 0.392 e. The van der Waals surface area contributed by atoms with Crippen LogP contribution in [0, 0.1) is 0 Å². The summed E-state index contributed by atoms with van der Waals surface area (Å²) in [7, 11) is -3.10. The van der Waals surface area contributed by atoms with Crippen molar-refractivity contribution in [2.45, 2.75) is 48.2 Å². The molecule has 1 unspecified atom stereocenters. The van der Waals surface area contributed by atoms with Gasteiger partial charge in [-0.2, -0.15) is 4.98 Å². The minimum Gasteiger partial charge on any atom is -0.392 e. The summed E-state index contributed by atoms with van der Waals surface area (Å²) in [6, 6.07) is 23.7. The molecular weight excluding hydrogens is 504 g/mol. The minimum absolute atomic E-state index is 0.00941. The molecule has 2 heterocycles. The molecule has 3 aromatic carbocycles. The van der Waals surface area contributed by atoms with Gasteiger partial charge in [-0.05, 0) is 55.2 Å². The van der Waals surface area contributed by atoms with Crippen LogP contribution in [-0.2, 0) is 23.0 Å². The van der Waals surface area contributed by atoms with Gasteiger partial charge in [0, 0.05) is 27.3 Å². The van der Waals surface area contributed by atoms with Crippen LogP contribution >= 0.6 is 11.8 Å². The van der Waals surface area contributed by atoms with Crippen LogP contribution in [0.25, 0.3) is 10.9 Å². The number of sulfone groups is 1. The van der Waals surface area contributed by atoms with Crippen molar-refractivity contribution in [2.24, 2.45) is 0 Å². The van der Waals surface area contributed by atoms with Crippen molar-refractivity contribution < 1.29 is 13.5 Å². The van der Waals surface area contributed by atoms with E-state index in [0.29, 0.717) is 24.7 Å². The van der Waals surface area contributed by atoms with Gasteiger partial charge in [-0.15, -0.1) is 0 Å². The monoisotopic (exact) mass is 534 g/mol. The second-order valence-corrected chi connectivity index (χ2v) is 12.9. The maximum absolute atomic E-state index is 12.3. The highest BCUT2D eigenvalue weighted by Crippen LogP contribution is 2.34. The number of para-hydroxylation sites is 1. The third-order valence-corrected chi connectivity index (χ3v) is 9.74. The number of hydrogen-bond acceptors (Lipinski definition) is 8. The topological polar surface area (TPSA) is 104 Å². The lowest BCUT2D eigenvalue weighted by Gasteiger charge is -2.35. The Morgan fingerprint density at radius 2 is 1.62 bits per heavy atom. The van der Waals surface area contributed by atoms with Gasteiger partial charge in [-0.3, -0.25) is 0 Å². The molecule has 0 radical (unpaired) electrons. The molecule has 0 spiro atoms. The van der Waals surface area contributed by atoms with Gasteiger partial charge >= 0.3 is 0 Å². The molecule has 3 N–H and O–H groups in total. The summed E-state index contributed by atoms with van der Waals surface area (Å²) in [5.74, 6) is 1.43. The first-order chi connectivity index (χ1) is 17.8. The lowest BCUT2D eigenvalue weighted by Crippen LogP contribution is -2.46. The number of benzene rings is 3. The Morgan fingerprint density at radius 1 is 0.946 bits per heavy atom. The quantitative estimate of drug-likeness (QED) is 0.281. The van der Waals surface area contributed by atoms with Crippen molar-refractivity contribution in [1.82, 2.24) is 9.97 Å². The van der Waals surface area contributed by atoms with E-state index in [-0.39, 0.29) is 18.1 Å². The predicted molar refractivity (Wildman–Crippen MR) is 150 cm³/mol. The smallest absolute Gasteiger partial charge is 0.225 e. The molecule has 1 fully saturated rings. The normalized spacial score (nSPS) is 19.0. The summed E-state index contributed by atoms with van der Waals surface area (Å²) in [5, 5.41) is 17.4. The summed E-state index contributed by atoms with van der Waals surface area (Å²) in [5.41, 5.74) is 2.16. The molecule has 0 aliphatic carbocycles. The van der Waals surface area contributed by atoms with Crippen LogP contribution in [0.5, 0.6) is 0 Å². The van der Waals surface area contributed by atoms with Crippen LogP contribution in [0.1, 0.15) is 30.9 Å². The molecular formula is C28H30N4O3S2. The van der Waals surface area contributed by atoms with E-state index in [1.54, 1.807) is 11.8 Å². The lowest BCUT2D eigenvalue weighted by atomic mass is 9.98. The number of hydrogen-bond donors (Lipinski definition) is 3. The SMILES string of the molecule is CC1(Nc2nc(NCc3ccccc3Sc3ccccc3CO)nc3ccccc23)CCCS(=O)(=O)C1. The Kier molecular flexibility index (Phi) is 7.37. The van der Waals surface area contributed by atoms with Gasteiger partial charge in [0.15, 0.2) is 9.84 Å². The molecule has 1 aromatic heterocycles. The number of anilines is 2. The number of aliphatic hydroxyl groups excluding tert-OH is 1. The first-order valence-corrected chi connectivity index (χ1v) is 14.9. The van der Waals surface area contributed by atoms with Crippen molar-refractivity contribution in [3.8, 4) is 0 Å². The average Bonchev–Trinajstić information content (AvgIpc) is 2.87. The summed E-state index contributed by atoms with van der Waals surface area (Å²) in [4.78, 5) is 11.6. The Labute approximate surface area is 221 Å². The molecule has 5 rings (SSSR count). The van der Waals surface area contributed by atoms with Crippen molar-refractivity contribution in [2.75, 3.05) is 22.1 Å². The van der Waals surface area contributed by atoms with Crippen LogP contribution in [0.15, 0.2) is 82.6 Å². The van der Waals surface area contributed by atoms with E-state index in [4.69, 9.17) is 9.97 Å². The molecule has 0 saturated carbocycles. The van der Waals surface area contributed by atoms with Gasteiger partial charge in [0.2, 0.25) is 5.95 Å². The predicted octanol–water partition coefficient (Wildman–Crippen LogP) is 5.26. The summed E-state index contributed by atoms with van der Waals surface area (Å²) in [6.07, 6.45) is 1.39. The summed E-state index contributed by atoms with van der Waals surface area (Å²) < 4.78 is 24.7. The number of aromatic nitrogens is 2. The van der Waals surface area contributed by atoms with E-state index in [0.717, 1.165) is 38.2 Å². The van der Waals surface area contributed by atoms with Gasteiger partial charge in [0.1, 0.15) is 5.82 Å². The van der Waals surface area contributed by atoms with Crippen molar-refractivity contribution in [3.63, 3.8) is 0 Å². The van der Waals surface area contributed by atoms with E-state index >= 15 is 0 Å². The summed E-state index contributed by atoms with van der Waals surface area (Å²) >= 11 is 1.62. The molecule has 4 aromatic rings. The molecule has 7 nitrogen and oxygen atoms in total. The van der Waals surface area contributed by atoms with E-state index in [1.165, 1.54) is 0 Å².